The molecule has 1 N–H and O–H groups in total. The van der Waals surface area contributed by atoms with Gasteiger partial charge in [-0.3, -0.25) is 9.71 Å². The number of sulfonamides is 1. The Morgan fingerprint density at radius 1 is 1.10 bits per heavy atom. The molecule has 0 spiro atoms. The Morgan fingerprint density at radius 2 is 1.97 bits per heavy atom. The minimum Gasteiger partial charge on any atom is -0.339 e. The van der Waals surface area contributed by atoms with Crippen LogP contribution in [0.4, 0.5) is 5.69 Å². The second-order valence-electron chi connectivity index (χ2n) is 6.27. The maximum absolute atomic E-state index is 12.8. The van der Waals surface area contributed by atoms with Gasteiger partial charge in [0.05, 0.1) is 12.1 Å². The van der Waals surface area contributed by atoms with Gasteiger partial charge in [0.15, 0.2) is 0 Å². The average Bonchev–Trinajstić information content (AvgIpc) is 3.40. The highest BCUT2D eigenvalue weighted by atomic mass is 32.2. The van der Waals surface area contributed by atoms with E-state index in [0.29, 0.717) is 28.0 Å². The highest BCUT2D eigenvalue weighted by Gasteiger charge is 2.19. The van der Waals surface area contributed by atoms with Crippen LogP contribution in [-0.4, -0.2) is 23.5 Å². The summed E-state index contributed by atoms with van der Waals surface area (Å²) in [6.07, 6.45) is 4.43. The fourth-order valence-corrected chi connectivity index (χ4v) is 5.16. The first-order valence-electron chi connectivity index (χ1n) is 8.97. The summed E-state index contributed by atoms with van der Waals surface area (Å²) in [7, 11) is -3.66. The number of hydrogen-bond donors (Lipinski definition) is 1. The number of aromatic nitrogens is 3. The molecule has 0 atom stereocenters. The van der Waals surface area contributed by atoms with E-state index in [9.17, 15) is 8.42 Å². The van der Waals surface area contributed by atoms with E-state index in [1.54, 1.807) is 36.7 Å². The van der Waals surface area contributed by atoms with Gasteiger partial charge in [0, 0.05) is 22.8 Å². The number of thiophene rings is 1. The Hall–Kier alpha value is -3.04. The number of para-hydroxylation sites is 1. The quantitative estimate of drug-likeness (QED) is 0.477. The van der Waals surface area contributed by atoms with Gasteiger partial charge in [-0.25, -0.2) is 8.42 Å². The molecule has 29 heavy (non-hydrogen) atoms. The number of nitrogens with zero attached hydrogens (tertiary/aromatic N) is 3. The average molecular weight is 427 g/mol. The van der Waals surface area contributed by atoms with Crippen molar-refractivity contribution in [3.8, 4) is 11.4 Å². The van der Waals surface area contributed by atoms with Crippen LogP contribution >= 0.6 is 11.3 Å². The van der Waals surface area contributed by atoms with E-state index in [1.807, 2.05) is 31.2 Å². The lowest BCUT2D eigenvalue weighted by molar-refractivity contribution is 0.386. The number of benzene rings is 1. The smallest absolute Gasteiger partial charge is 0.271 e. The summed E-state index contributed by atoms with van der Waals surface area (Å²) in [6.45, 7) is 2.00. The number of anilines is 1. The minimum absolute atomic E-state index is 0.292. The Bertz CT molecular complexity index is 1220. The van der Waals surface area contributed by atoms with Crippen LogP contribution in [0.25, 0.3) is 11.4 Å². The molecule has 4 rings (SSSR count). The molecule has 0 amide bonds. The van der Waals surface area contributed by atoms with Gasteiger partial charge in [0.1, 0.15) is 4.21 Å². The van der Waals surface area contributed by atoms with Gasteiger partial charge in [0.25, 0.3) is 10.0 Å². The van der Waals surface area contributed by atoms with Crippen LogP contribution in [-0.2, 0) is 22.9 Å². The van der Waals surface area contributed by atoms with E-state index in [1.165, 1.54) is 11.3 Å². The molecule has 0 aliphatic rings. The van der Waals surface area contributed by atoms with Gasteiger partial charge in [-0.2, -0.15) is 4.98 Å². The van der Waals surface area contributed by atoms with Gasteiger partial charge >= 0.3 is 0 Å². The summed E-state index contributed by atoms with van der Waals surface area (Å²) in [6, 6.07) is 14.3. The summed E-state index contributed by atoms with van der Waals surface area (Å²) in [5, 5.41) is 3.98. The fraction of sp³-hybridized carbons (Fsp3) is 0.150. The molecule has 0 radical (unpaired) electrons. The van der Waals surface area contributed by atoms with Gasteiger partial charge in [-0.15, -0.1) is 11.3 Å². The van der Waals surface area contributed by atoms with E-state index < -0.39 is 10.0 Å². The minimum atomic E-state index is -3.66. The summed E-state index contributed by atoms with van der Waals surface area (Å²) < 4.78 is 33.9. The first kappa shape index (κ1) is 19.3. The maximum atomic E-state index is 12.8. The first-order chi connectivity index (χ1) is 14.0. The van der Waals surface area contributed by atoms with Crippen molar-refractivity contribution in [3.63, 3.8) is 0 Å². The van der Waals surface area contributed by atoms with E-state index in [2.05, 4.69) is 19.8 Å². The molecule has 148 valence electrons. The Morgan fingerprint density at radius 3 is 2.72 bits per heavy atom. The lowest BCUT2D eigenvalue weighted by Gasteiger charge is -2.10. The van der Waals surface area contributed by atoms with Crippen LogP contribution < -0.4 is 4.72 Å². The molecule has 1 aromatic carbocycles. The molecule has 0 saturated carbocycles. The Balaban J connectivity index is 1.57. The molecule has 7 nitrogen and oxygen atoms in total. The number of nitrogens with one attached hydrogen (secondary N) is 1. The number of hydrogen-bond acceptors (Lipinski definition) is 7. The van der Waals surface area contributed by atoms with Crippen molar-refractivity contribution < 1.29 is 12.9 Å². The highest BCUT2D eigenvalue weighted by molar-refractivity contribution is 7.94. The standard InChI is InChI=1S/C20H18N4O3S2/c1-2-16-9-10-19(28-16)29(25,26)24-17-8-4-3-6-14(17)12-18-22-20(23-27-18)15-7-5-11-21-13-15/h3-11,13,24H,2,12H2,1H3. The normalized spacial score (nSPS) is 11.5. The number of rotatable bonds is 7. The van der Waals surface area contributed by atoms with Gasteiger partial charge in [-0.05, 0) is 42.3 Å². The largest absolute Gasteiger partial charge is 0.339 e. The molecule has 0 bridgehead atoms. The topological polar surface area (TPSA) is 98.0 Å². The van der Waals surface area contributed by atoms with Crippen LogP contribution in [0.3, 0.4) is 0 Å². The zero-order chi connectivity index (χ0) is 20.3. The third-order valence-electron chi connectivity index (χ3n) is 4.24. The van der Waals surface area contributed by atoms with Crippen molar-refractivity contribution in [2.45, 2.75) is 24.0 Å². The summed E-state index contributed by atoms with van der Waals surface area (Å²) in [4.78, 5) is 9.46. The zero-order valence-corrected chi connectivity index (χ0v) is 17.2. The molecule has 9 heteroatoms. The number of aryl methyl sites for hydroxylation is 1. The molecular weight excluding hydrogens is 408 g/mol. The van der Waals surface area contributed by atoms with Crippen LogP contribution in [0, 0.1) is 0 Å². The summed E-state index contributed by atoms with van der Waals surface area (Å²) >= 11 is 1.27. The van der Waals surface area contributed by atoms with Crippen molar-refractivity contribution in [3.05, 3.63) is 77.3 Å². The van der Waals surface area contributed by atoms with Crippen LogP contribution in [0.2, 0.25) is 0 Å². The first-order valence-corrected chi connectivity index (χ1v) is 11.3. The Labute approximate surface area is 172 Å². The van der Waals surface area contributed by atoms with E-state index in [4.69, 9.17) is 4.52 Å². The van der Waals surface area contributed by atoms with Crippen molar-refractivity contribution in [2.24, 2.45) is 0 Å². The molecule has 3 aromatic heterocycles. The molecule has 0 fully saturated rings. The van der Waals surface area contributed by atoms with E-state index >= 15 is 0 Å². The monoisotopic (exact) mass is 426 g/mol. The van der Waals surface area contributed by atoms with Crippen molar-refractivity contribution in [1.82, 2.24) is 15.1 Å². The van der Waals surface area contributed by atoms with E-state index in [-0.39, 0.29) is 0 Å². The third-order valence-corrected chi connectivity index (χ3v) is 7.33. The maximum Gasteiger partial charge on any atom is 0.271 e. The van der Waals surface area contributed by atoms with Crippen LogP contribution in [0.15, 0.2) is 69.7 Å². The second-order valence-corrected chi connectivity index (χ2v) is 9.34. The summed E-state index contributed by atoms with van der Waals surface area (Å²) in [5.74, 6) is 0.830. The molecule has 0 aliphatic heterocycles. The van der Waals surface area contributed by atoms with Crippen molar-refractivity contribution in [2.75, 3.05) is 4.72 Å². The van der Waals surface area contributed by atoms with Gasteiger partial charge in [-0.1, -0.05) is 30.3 Å². The van der Waals surface area contributed by atoms with Crippen LogP contribution in [0.5, 0.6) is 0 Å². The second kappa shape index (κ2) is 8.14. The Kier molecular flexibility index (Phi) is 5.41. The molecule has 0 saturated heterocycles. The van der Waals surface area contributed by atoms with Crippen molar-refractivity contribution >= 4 is 27.0 Å². The molecule has 3 heterocycles. The molecular formula is C20H18N4O3S2. The highest BCUT2D eigenvalue weighted by Crippen LogP contribution is 2.27. The van der Waals surface area contributed by atoms with E-state index in [0.717, 1.165) is 22.4 Å². The van der Waals surface area contributed by atoms with Crippen LogP contribution in [0.1, 0.15) is 23.3 Å². The predicted octanol–water partition coefficient (Wildman–Crippen LogP) is 4.15. The number of pyridine rings is 1. The predicted molar refractivity (Wildman–Crippen MR) is 111 cm³/mol. The summed E-state index contributed by atoms with van der Waals surface area (Å²) in [5.41, 5.74) is 1.98. The fourth-order valence-electron chi connectivity index (χ4n) is 2.76. The lowest BCUT2D eigenvalue weighted by Crippen LogP contribution is -2.13. The SMILES string of the molecule is CCc1ccc(S(=O)(=O)Nc2ccccc2Cc2nc(-c3cccnc3)no2)s1. The lowest BCUT2D eigenvalue weighted by atomic mass is 10.1. The van der Waals surface area contributed by atoms with Gasteiger partial charge in [0.2, 0.25) is 11.7 Å². The zero-order valence-electron chi connectivity index (χ0n) is 15.6. The van der Waals surface area contributed by atoms with Crippen molar-refractivity contribution in [1.29, 1.82) is 0 Å². The molecule has 0 aliphatic carbocycles. The molecule has 4 aromatic rings. The van der Waals surface area contributed by atoms with Gasteiger partial charge < -0.3 is 4.52 Å². The third kappa shape index (κ3) is 4.36. The molecule has 0 unspecified atom stereocenters.